The minimum absolute atomic E-state index is 0.0159. The van der Waals surface area contributed by atoms with Gasteiger partial charge in [0.25, 0.3) is 0 Å². The van der Waals surface area contributed by atoms with Crippen LogP contribution in [0.5, 0.6) is 0 Å². The quantitative estimate of drug-likeness (QED) is 0.747. The number of anilines is 1. The zero-order chi connectivity index (χ0) is 12.0. The van der Waals surface area contributed by atoms with Gasteiger partial charge in [0, 0.05) is 5.69 Å². The van der Waals surface area contributed by atoms with Gasteiger partial charge in [-0.3, -0.25) is 4.79 Å². The van der Waals surface area contributed by atoms with Gasteiger partial charge in [-0.05, 0) is 44.0 Å². The van der Waals surface area contributed by atoms with Crippen molar-refractivity contribution in [3.63, 3.8) is 0 Å². The monoisotopic (exact) mass is 220 g/mol. The van der Waals surface area contributed by atoms with Crippen LogP contribution in [0.4, 0.5) is 5.69 Å². The summed E-state index contributed by atoms with van der Waals surface area (Å²) in [6, 6.07) is 6.05. The third-order valence-electron chi connectivity index (χ3n) is 2.38. The number of carbonyl (C=O) groups excluding carboxylic acids is 1. The van der Waals surface area contributed by atoms with E-state index in [-0.39, 0.29) is 5.91 Å². The molecule has 0 heterocycles. The third kappa shape index (κ3) is 4.03. The second-order valence-electron chi connectivity index (χ2n) is 4.04. The Bertz CT molecular complexity index is 361. The molecule has 88 valence electrons. The predicted molar refractivity (Wildman–Crippen MR) is 67.7 cm³/mol. The van der Waals surface area contributed by atoms with Crippen molar-refractivity contribution in [2.24, 2.45) is 0 Å². The van der Waals surface area contributed by atoms with Crippen molar-refractivity contribution in [1.29, 1.82) is 0 Å². The molecule has 0 unspecified atom stereocenters. The van der Waals surface area contributed by atoms with Gasteiger partial charge in [0.2, 0.25) is 5.91 Å². The van der Waals surface area contributed by atoms with Gasteiger partial charge in [-0.1, -0.05) is 19.1 Å². The first-order valence-corrected chi connectivity index (χ1v) is 5.71. The second kappa shape index (κ2) is 6.28. The molecular formula is C13H20N2O. The van der Waals surface area contributed by atoms with Crippen LogP contribution in [0.1, 0.15) is 24.5 Å². The number of hydrogen-bond acceptors (Lipinski definition) is 2. The molecule has 3 nitrogen and oxygen atoms in total. The SMILES string of the molecule is CCCNCC(=O)Nc1cc(C)ccc1C. The molecule has 0 saturated carbocycles. The molecular weight excluding hydrogens is 200 g/mol. The number of carbonyl (C=O) groups is 1. The van der Waals surface area contributed by atoms with E-state index in [1.54, 1.807) is 0 Å². The molecule has 0 bridgehead atoms. The standard InChI is InChI=1S/C13H20N2O/c1-4-7-14-9-13(16)15-12-8-10(2)5-6-11(12)3/h5-6,8,14H,4,7,9H2,1-3H3,(H,15,16). The fourth-order valence-corrected chi connectivity index (χ4v) is 1.44. The average molecular weight is 220 g/mol. The molecule has 2 N–H and O–H groups in total. The maximum atomic E-state index is 11.6. The molecule has 1 aromatic carbocycles. The van der Waals surface area contributed by atoms with Gasteiger partial charge in [-0.25, -0.2) is 0 Å². The van der Waals surface area contributed by atoms with Gasteiger partial charge >= 0.3 is 0 Å². The summed E-state index contributed by atoms with van der Waals surface area (Å²) >= 11 is 0. The Hall–Kier alpha value is -1.35. The van der Waals surface area contributed by atoms with Crippen molar-refractivity contribution in [1.82, 2.24) is 5.32 Å². The predicted octanol–water partition coefficient (Wildman–Crippen LogP) is 2.24. The maximum absolute atomic E-state index is 11.6. The number of hydrogen-bond donors (Lipinski definition) is 2. The van der Waals surface area contributed by atoms with Crippen LogP contribution >= 0.6 is 0 Å². The molecule has 0 fully saturated rings. The van der Waals surface area contributed by atoms with Crippen LogP contribution in [-0.2, 0) is 4.79 Å². The number of rotatable bonds is 5. The molecule has 0 atom stereocenters. The number of benzene rings is 1. The van der Waals surface area contributed by atoms with Gasteiger partial charge in [-0.2, -0.15) is 0 Å². The van der Waals surface area contributed by atoms with Crippen LogP contribution < -0.4 is 10.6 Å². The van der Waals surface area contributed by atoms with Crippen molar-refractivity contribution < 1.29 is 4.79 Å². The Kier molecular flexibility index (Phi) is 4.99. The highest BCUT2D eigenvalue weighted by atomic mass is 16.1. The highest BCUT2D eigenvalue weighted by Gasteiger charge is 2.03. The molecule has 0 aliphatic carbocycles. The van der Waals surface area contributed by atoms with Crippen molar-refractivity contribution in [3.05, 3.63) is 29.3 Å². The largest absolute Gasteiger partial charge is 0.325 e. The van der Waals surface area contributed by atoms with E-state index >= 15 is 0 Å². The summed E-state index contributed by atoms with van der Waals surface area (Å²) in [6.07, 6.45) is 1.04. The molecule has 1 amide bonds. The number of aryl methyl sites for hydroxylation is 2. The normalized spacial score (nSPS) is 10.2. The first kappa shape index (κ1) is 12.7. The first-order chi connectivity index (χ1) is 7.63. The molecule has 0 aliphatic rings. The summed E-state index contributed by atoms with van der Waals surface area (Å²) in [4.78, 5) is 11.6. The fraction of sp³-hybridized carbons (Fsp3) is 0.462. The van der Waals surface area contributed by atoms with Crippen LogP contribution in [0, 0.1) is 13.8 Å². The van der Waals surface area contributed by atoms with Crippen LogP contribution in [-0.4, -0.2) is 19.0 Å². The van der Waals surface area contributed by atoms with E-state index in [0.29, 0.717) is 6.54 Å². The van der Waals surface area contributed by atoms with E-state index in [1.807, 2.05) is 32.0 Å². The number of amides is 1. The molecule has 0 radical (unpaired) electrons. The fourth-order valence-electron chi connectivity index (χ4n) is 1.44. The summed E-state index contributed by atoms with van der Waals surface area (Å²) in [7, 11) is 0. The minimum Gasteiger partial charge on any atom is -0.325 e. The zero-order valence-corrected chi connectivity index (χ0v) is 10.3. The average Bonchev–Trinajstić information content (AvgIpc) is 2.24. The summed E-state index contributed by atoms with van der Waals surface area (Å²) in [5.41, 5.74) is 3.15. The maximum Gasteiger partial charge on any atom is 0.238 e. The molecule has 1 rings (SSSR count). The lowest BCUT2D eigenvalue weighted by Gasteiger charge is -2.09. The molecule has 0 aliphatic heterocycles. The molecule has 0 aromatic heterocycles. The van der Waals surface area contributed by atoms with Crippen LogP contribution in [0.25, 0.3) is 0 Å². The van der Waals surface area contributed by atoms with E-state index in [1.165, 1.54) is 0 Å². The van der Waals surface area contributed by atoms with Gasteiger partial charge in [-0.15, -0.1) is 0 Å². The molecule has 3 heteroatoms. The van der Waals surface area contributed by atoms with Crippen molar-refractivity contribution in [3.8, 4) is 0 Å². The minimum atomic E-state index is 0.0159. The van der Waals surface area contributed by atoms with E-state index in [0.717, 1.165) is 29.8 Å². The third-order valence-corrected chi connectivity index (χ3v) is 2.38. The van der Waals surface area contributed by atoms with Crippen molar-refractivity contribution in [2.45, 2.75) is 27.2 Å². The van der Waals surface area contributed by atoms with E-state index in [2.05, 4.69) is 17.6 Å². The Balaban J connectivity index is 2.52. The molecule has 0 saturated heterocycles. The van der Waals surface area contributed by atoms with E-state index in [9.17, 15) is 4.79 Å². The van der Waals surface area contributed by atoms with Crippen molar-refractivity contribution >= 4 is 11.6 Å². The lowest BCUT2D eigenvalue weighted by Crippen LogP contribution is -2.28. The highest BCUT2D eigenvalue weighted by molar-refractivity contribution is 5.93. The summed E-state index contributed by atoms with van der Waals surface area (Å²) in [6.45, 7) is 7.34. The highest BCUT2D eigenvalue weighted by Crippen LogP contribution is 2.15. The molecule has 1 aromatic rings. The Labute approximate surface area is 97.2 Å². The summed E-state index contributed by atoms with van der Waals surface area (Å²) < 4.78 is 0. The Morgan fingerprint density at radius 2 is 2.06 bits per heavy atom. The van der Waals surface area contributed by atoms with Crippen LogP contribution in [0.3, 0.4) is 0 Å². The second-order valence-corrected chi connectivity index (χ2v) is 4.04. The molecule has 16 heavy (non-hydrogen) atoms. The van der Waals surface area contributed by atoms with E-state index in [4.69, 9.17) is 0 Å². The topological polar surface area (TPSA) is 41.1 Å². The van der Waals surface area contributed by atoms with Gasteiger partial charge < -0.3 is 10.6 Å². The summed E-state index contributed by atoms with van der Waals surface area (Å²) in [5.74, 6) is 0.0159. The smallest absolute Gasteiger partial charge is 0.238 e. The van der Waals surface area contributed by atoms with Crippen LogP contribution in [0.2, 0.25) is 0 Å². The number of nitrogens with one attached hydrogen (secondary N) is 2. The van der Waals surface area contributed by atoms with E-state index < -0.39 is 0 Å². The lowest BCUT2D eigenvalue weighted by molar-refractivity contribution is -0.115. The summed E-state index contributed by atoms with van der Waals surface area (Å²) in [5, 5.41) is 5.99. The first-order valence-electron chi connectivity index (χ1n) is 5.71. The van der Waals surface area contributed by atoms with Crippen molar-refractivity contribution in [2.75, 3.05) is 18.4 Å². The zero-order valence-electron chi connectivity index (χ0n) is 10.3. The Morgan fingerprint density at radius 3 is 2.75 bits per heavy atom. The van der Waals surface area contributed by atoms with Gasteiger partial charge in [0.15, 0.2) is 0 Å². The molecule has 0 spiro atoms. The van der Waals surface area contributed by atoms with Crippen LogP contribution in [0.15, 0.2) is 18.2 Å². The Morgan fingerprint density at radius 1 is 1.31 bits per heavy atom. The lowest BCUT2D eigenvalue weighted by atomic mass is 10.1. The van der Waals surface area contributed by atoms with Gasteiger partial charge in [0.05, 0.1) is 6.54 Å². The van der Waals surface area contributed by atoms with Gasteiger partial charge in [0.1, 0.15) is 0 Å².